The molecule has 0 bridgehead atoms. The Balaban J connectivity index is 1.91. The SMILES string of the molecule is CC1CCN(C2CCNC(C)C2)C(C)C1. The van der Waals surface area contributed by atoms with Crippen molar-refractivity contribution in [3.63, 3.8) is 0 Å². The topological polar surface area (TPSA) is 15.3 Å². The molecule has 2 rings (SSSR count). The largest absolute Gasteiger partial charge is 0.314 e. The van der Waals surface area contributed by atoms with Gasteiger partial charge in [-0.05, 0) is 58.5 Å². The van der Waals surface area contributed by atoms with Crippen LogP contribution >= 0.6 is 0 Å². The maximum Gasteiger partial charge on any atom is 0.0125 e. The summed E-state index contributed by atoms with van der Waals surface area (Å²) in [4.78, 5) is 2.78. The van der Waals surface area contributed by atoms with Crippen LogP contribution in [-0.2, 0) is 0 Å². The lowest BCUT2D eigenvalue weighted by Gasteiger charge is -2.44. The molecule has 2 nitrogen and oxygen atoms in total. The standard InChI is InChI=1S/C13H26N2/c1-10-5-7-15(12(3)8-10)13-4-6-14-11(2)9-13/h10-14H,4-9H2,1-3H3. The molecule has 0 aromatic rings. The summed E-state index contributed by atoms with van der Waals surface area (Å²) in [5, 5.41) is 3.55. The highest BCUT2D eigenvalue weighted by Crippen LogP contribution is 2.27. The Morgan fingerprint density at radius 2 is 1.87 bits per heavy atom. The normalized spacial score (nSPS) is 44.2. The average molecular weight is 210 g/mol. The third-order valence-electron chi connectivity index (χ3n) is 4.25. The van der Waals surface area contributed by atoms with Gasteiger partial charge in [-0.3, -0.25) is 4.90 Å². The molecule has 2 heterocycles. The van der Waals surface area contributed by atoms with Gasteiger partial charge in [-0.25, -0.2) is 0 Å². The fourth-order valence-corrected chi connectivity index (χ4v) is 3.37. The molecule has 0 radical (unpaired) electrons. The second-order valence-corrected chi connectivity index (χ2v) is 5.75. The molecule has 2 fully saturated rings. The van der Waals surface area contributed by atoms with Crippen molar-refractivity contribution in [2.45, 2.75) is 64.6 Å². The Labute approximate surface area is 94.4 Å². The lowest BCUT2D eigenvalue weighted by atomic mass is 9.89. The highest BCUT2D eigenvalue weighted by molar-refractivity contribution is 4.87. The first-order valence-corrected chi connectivity index (χ1v) is 6.66. The maximum absolute atomic E-state index is 3.55. The Morgan fingerprint density at radius 1 is 1.07 bits per heavy atom. The van der Waals surface area contributed by atoms with E-state index in [1.165, 1.54) is 38.8 Å². The van der Waals surface area contributed by atoms with Crippen LogP contribution in [0.1, 0.15) is 46.5 Å². The van der Waals surface area contributed by atoms with Crippen molar-refractivity contribution in [2.24, 2.45) is 5.92 Å². The van der Waals surface area contributed by atoms with Crippen LogP contribution in [0.15, 0.2) is 0 Å². The lowest BCUT2D eigenvalue weighted by Crippen LogP contribution is -2.52. The van der Waals surface area contributed by atoms with Crippen LogP contribution in [0.2, 0.25) is 0 Å². The van der Waals surface area contributed by atoms with Crippen molar-refractivity contribution in [3.05, 3.63) is 0 Å². The molecular weight excluding hydrogens is 184 g/mol. The van der Waals surface area contributed by atoms with E-state index in [4.69, 9.17) is 0 Å². The minimum absolute atomic E-state index is 0.718. The van der Waals surface area contributed by atoms with Gasteiger partial charge in [0.15, 0.2) is 0 Å². The fourth-order valence-electron chi connectivity index (χ4n) is 3.37. The molecule has 0 aromatic carbocycles. The van der Waals surface area contributed by atoms with Gasteiger partial charge in [-0.1, -0.05) is 6.92 Å². The summed E-state index contributed by atoms with van der Waals surface area (Å²) in [5.74, 6) is 0.940. The van der Waals surface area contributed by atoms with E-state index in [0.717, 1.165) is 24.0 Å². The number of rotatable bonds is 1. The molecule has 0 amide bonds. The number of nitrogens with one attached hydrogen (secondary N) is 1. The molecule has 2 heteroatoms. The number of nitrogens with zero attached hydrogens (tertiary/aromatic N) is 1. The summed E-state index contributed by atoms with van der Waals surface area (Å²) in [6.07, 6.45) is 5.50. The molecule has 2 aliphatic heterocycles. The summed E-state index contributed by atoms with van der Waals surface area (Å²) < 4.78 is 0. The highest BCUT2D eigenvalue weighted by atomic mass is 15.2. The van der Waals surface area contributed by atoms with Gasteiger partial charge in [0.25, 0.3) is 0 Å². The first kappa shape index (κ1) is 11.4. The molecular formula is C13H26N2. The number of likely N-dealkylation sites (tertiary alicyclic amines) is 1. The van der Waals surface area contributed by atoms with Crippen molar-refractivity contribution in [1.29, 1.82) is 0 Å². The van der Waals surface area contributed by atoms with Crippen molar-refractivity contribution in [1.82, 2.24) is 10.2 Å². The zero-order chi connectivity index (χ0) is 10.8. The van der Waals surface area contributed by atoms with Gasteiger partial charge in [-0.15, -0.1) is 0 Å². The highest BCUT2D eigenvalue weighted by Gasteiger charge is 2.30. The zero-order valence-corrected chi connectivity index (χ0v) is 10.5. The van der Waals surface area contributed by atoms with Crippen LogP contribution in [0.5, 0.6) is 0 Å². The molecule has 4 unspecified atom stereocenters. The molecule has 0 aliphatic carbocycles. The van der Waals surface area contributed by atoms with Gasteiger partial charge in [0.1, 0.15) is 0 Å². The van der Waals surface area contributed by atoms with Crippen molar-refractivity contribution >= 4 is 0 Å². The van der Waals surface area contributed by atoms with Gasteiger partial charge >= 0.3 is 0 Å². The molecule has 4 atom stereocenters. The van der Waals surface area contributed by atoms with E-state index in [1.54, 1.807) is 0 Å². The van der Waals surface area contributed by atoms with Gasteiger partial charge < -0.3 is 5.32 Å². The van der Waals surface area contributed by atoms with Crippen LogP contribution in [0.4, 0.5) is 0 Å². The molecule has 0 spiro atoms. The zero-order valence-electron chi connectivity index (χ0n) is 10.5. The number of hydrogen-bond donors (Lipinski definition) is 1. The fraction of sp³-hybridized carbons (Fsp3) is 1.00. The van der Waals surface area contributed by atoms with E-state index in [-0.39, 0.29) is 0 Å². The molecule has 88 valence electrons. The first-order valence-electron chi connectivity index (χ1n) is 6.66. The Morgan fingerprint density at radius 3 is 2.53 bits per heavy atom. The molecule has 1 N–H and O–H groups in total. The lowest BCUT2D eigenvalue weighted by molar-refractivity contribution is 0.0588. The number of hydrogen-bond acceptors (Lipinski definition) is 2. The van der Waals surface area contributed by atoms with Gasteiger partial charge in [-0.2, -0.15) is 0 Å². The minimum Gasteiger partial charge on any atom is -0.314 e. The molecule has 15 heavy (non-hydrogen) atoms. The van der Waals surface area contributed by atoms with Crippen molar-refractivity contribution < 1.29 is 0 Å². The molecule has 0 saturated carbocycles. The van der Waals surface area contributed by atoms with E-state index in [0.29, 0.717) is 0 Å². The smallest absolute Gasteiger partial charge is 0.0125 e. The predicted molar refractivity (Wildman–Crippen MR) is 65.1 cm³/mol. The quantitative estimate of drug-likeness (QED) is 0.714. The summed E-state index contributed by atoms with van der Waals surface area (Å²) in [5.41, 5.74) is 0. The Kier molecular flexibility index (Phi) is 3.68. The molecule has 0 aromatic heterocycles. The average Bonchev–Trinajstić information content (AvgIpc) is 2.17. The third kappa shape index (κ3) is 2.73. The van der Waals surface area contributed by atoms with E-state index < -0.39 is 0 Å². The summed E-state index contributed by atoms with van der Waals surface area (Å²) >= 11 is 0. The van der Waals surface area contributed by atoms with E-state index in [2.05, 4.69) is 31.0 Å². The maximum atomic E-state index is 3.55. The number of piperidine rings is 2. The van der Waals surface area contributed by atoms with Crippen LogP contribution in [-0.4, -0.2) is 36.1 Å². The van der Waals surface area contributed by atoms with Crippen LogP contribution in [0.25, 0.3) is 0 Å². The Bertz CT molecular complexity index is 205. The van der Waals surface area contributed by atoms with E-state index >= 15 is 0 Å². The summed E-state index contributed by atoms with van der Waals surface area (Å²) in [6, 6.07) is 2.38. The van der Waals surface area contributed by atoms with Crippen LogP contribution in [0.3, 0.4) is 0 Å². The van der Waals surface area contributed by atoms with Gasteiger partial charge in [0, 0.05) is 18.1 Å². The van der Waals surface area contributed by atoms with Crippen molar-refractivity contribution in [2.75, 3.05) is 13.1 Å². The molecule has 2 aliphatic rings. The monoisotopic (exact) mass is 210 g/mol. The van der Waals surface area contributed by atoms with Crippen molar-refractivity contribution in [3.8, 4) is 0 Å². The minimum atomic E-state index is 0.718. The van der Waals surface area contributed by atoms with Gasteiger partial charge in [0.05, 0.1) is 0 Å². The van der Waals surface area contributed by atoms with E-state index in [9.17, 15) is 0 Å². The second-order valence-electron chi connectivity index (χ2n) is 5.75. The molecule has 2 saturated heterocycles. The predicted octanol–water partition coefficient (Wildman–Crippen LogP) is 2.25. The van der Waals surface area contributed by atoms with E-state index in [1.807, 2.05) is 0 Å². The summed E-state index contributed by atoms with van der Waals surface area (Å²) in [7, 11) is 0. The first-order chi connectivity index (χ1) is 7.16. The Hall–Kier alpha value is -0.0800. The van der Waals surface area contributed by atoms with Gasteiger partial charge in [0.2, 0.25) is 0 Å². The summed E-state index contributed by atoms with van der Waals surface area (Å²) in [6.45, 7) is 9.69. The van der Waals surface area contributed by atoms with Crippen LogP contribution < -0.4 is 5.32 Å². The second kappa shape index (κ2) is 4.84. The third-order valence-corrected chi connectivity index (χ3v) is 4.25. The van der Waals surface area contributed by atoms with Crippen LogP contribution in [0, 0.1) is 5.92 Å².